The van der Waals surface area contributed by atoms with Crippen molar-refractivity contribution < 1.29 is 13.9 Å². The van der Waals surface area contributed by atoms with Crippen LogP contribution in [0.2, 0.25) is 0 Å². The van der Waals surface area contributed by atoms with Crippen molar-refractivity contribution in [3.8, 4) is 17.3 Å². The fourth-order valence-corrected chi connectivity index (χ4v) is 10.0. The number of alkyl halides is 1. The highest BCUT2D eigenvalue weighted by atomic mass is 79.9. The molecular weight excluding hydrogens is 1020 g/mol. The van der Waals surface area contributed by atoms with Crippen molar-refractivity contribution in [1.82, 2.24) is 24.8 Å². The zero-order valence-corrected chi connectivity index (χ0v) is 46.7. The lowest BCUT2D eigenvalue weighted by molar-refractivity contribution is 0.0226. The molecule has 0 saturated carbocycles. The van der Waals surface area contributed by atoms with Gasteiger partial charge in [0.2, 0.25) is 5.95 Å². The maximum atomic E-state index is 14.2. The van der Waals surface area contributed by atoms with Crippen LogP contribution in [0, 0.1) is 17.1 Å². The number of hydrogen-bond acceptors (Lipinski definition) is 9. The minimum absolute atomic E-state index is 0.175. The van der Waals surface area contributed by atoms with Crippen LogP contribution in [-0.4, -0.2) is 86.5 Å². The van der Waals surface area contributed by atoms with E-state index in [1.54, 1.807) is 17.7 Å². The average molecular weight is 1090 g/mol. The number of aromatic nitrogens is 3. The lowest BCUT2D eigenvalue weighted by Gasteiger charge is -2.28. The molecule has 1 N–H and O–H groups in total. The molecule has 10 rings (SSSR count). The number of nitrogens with one attached hydrogen (secondary N) is 1. The first-order valence-corrected chi connectivity index (χ1v) is 28.3. The molecule has 3 unspecified atom stereocenters. The number of unbranched alkanes of at least 4 members (excludes halogenated alkanes) is 1. The van der Waals surface area contributed by atoms with E-state index in [4.69, 9.17) is 10.00 Å². The van der Waals surface area contributed by atoms with Crippen molar-refractivity contribution in [2.75, 3.05) is 36.4 Å². The van der Waals surface area contributed by atoms with E-state index in [0.29, 0.717) is 23.6 Å². The molecule has 13 heteroatoms. The van der Waals surface area contributed by atoms with Gasteiger partial charge in [-0.05, 0) is 133 Å². The number of nitriles is 1. The Hall–Kier alpha value is -6.49. The van der Waals surface area contributed by atoms with E-state index in [1.807, 2.05) is 68.1 Å². The summed E-state index contributed by atoms with van der Waals surface area (Å²) in [5, 5.41) is 12.4. The van der Waals surface area contributed by atoms with Crippen molar-refractivity contribution in [2.24, 2.45) is 12.0 Å². The third-order valence-corrected chi connectivity index (χ3v) is 14.1. The number of hydrogen-bond donors (Lipinski definition) is 1. The van der Waals surface area contributed by atoms with Gasteiger partial charge in [0.05, 0.1) is 18.0 Å². The number of amides is 1. The summed E-state index contributed by atoms with van der Waals surface area (Å²) in [4.78, 5) is 41.6. The second kappa shape index (κ2) is 31.5. The normalized spacial score (nSPS) is 17.5. The molecule has 6 aromatic rings. The summed E-state index contributed by atoms with van der Waals surface area (Å²) in [7, 11) is 1.72. The second-order valence-corrected chi connectivity index (χ2v) is 21.5. The molecule has 6 heterocycles. The molecule has 0 aliphatic carbocycles. The summed E-state index contributed by atoms with van der Waals surface area (Å²) < 4.78 is 21.2. The molecule has 4 aliphatic heterocycles. The number of rotatable bonds is 12. The largest absolute Gasteiger partial charge is 0.444 e. The van der Waals surface area contributed by atoms with Gasteiger partial charge < -0.3 is 19.9 Å². The zero-order chi connectivity index (χ0) is 54.0. The van der Waals surface area contributed by atoms with Crippen LogP contribution in [0.5, 0.6) is 0 Å². The molecule has 76 heavy (non-hydrogen) atoms. The van der Waals surface area contributed by atoms with E-state index in [2.05, 4.69) is 126 Å². The molecule has 3 fully saturated rings. The summed E-state index contributed by atoms with van der Waals surface area (Å²) in [5.41, 5.74) is 6.78. The first-order valence-electron chi connectivity index (χ1n) is 27.2. The minimum atomic E-state index is -0.480. The molecule has 3 atom stereocenters. The Bertz CT molecular complexity index is 2760. The Morgan fingerprint density at radius 2 is 1.38 bits per heavy atom. The first kappa shape index (κ1) is 58.8. The smallest absolute Gasteiger partial charge is 0.410 e. The molecule has 402 valence electrons. The number of likely N-dealkylation sites (tertiary alicyclic amines) is 1. The van der Waals surface area contributed by atoms with Crippen LogP contribution >= 0.6 is 15.9 Å². The lowest BCUT2D eigenvalue weighted by Crippen LogP contribution is -2.40. The third-order valence-electron chi connectivity index (χ3n) is 13.5. The number of ether oxygens (including phenoxy) is 1. The van der Waals surface area contributed by atoms with Gasteiger partial charge in [-0.1, -0.05) is 137 Å². The molecule has 2 aromatic heterocycles. The Morgan fingerprint density at radius 1 is 0.789 bits per heavy atom. The van der Waals surface area contributed by atoms with Gasteiger partial charge >= 0.3 is 6.09 Å². The van der Waals surface area contributed by atoms with Gasteiger partial charge in [0.1, 0.15) is 5.60 Å². The van der Waals surface area contributed by atoms with Crippen LogP contribution in [0.1, 0.15) is 107 Å². The lowest BCUT2D eigenvalue weighted by atomic mass is 10.0. The van der Waals surface area contributed by atoms with Crippen molar-refractivity contribution in [3.63, 3.8) is 0 Å². The Balaban J connectivity index is 0.000000167. The fourth-order valence-electron chi connectivity index (χ4n) is 9.75. The van der Waals surface area contributed by atoms with Gasteiger partial charge in [0.25, 0.3) is 5.56 Å². The summed E-state index contributed by atoms with van der Waals surface area (Å²) in [6.07, 6.45) is 17.5. The van der Waals surface area contributed by atoms with Gasteiger partial charge in [0, 0.05) is 86.5 Å². The highest BCUT2D eigenvalue weighted by Gasteiger charge is 2.32. The highest BCUT2D eigenvalue weighted by Crippen LogP contribution is 2.29. The molecule has 1 amide bonds. The third kappa shape index (κ3) is 19.9. The maximum Gasteiger partial charge on any atom is 0.410 e. The molecule has 0 radical (unpaired) electrons. The van der Waals surface area contributed by atoms with Gasteiger partial charge in [-0.2, -0.15) is 5.26 Å². The maximum absolute atomic E-state index is 14.2. The number of nitrogens with zero attached hydrogens (tertiary/aromatic N) is 7. The van der Waals surface area contributed by atoms with E-state index in [0.717, 1.165) is 88.6 Å². The van der Waals surface area contributed by atoms with Crippen LogP contribution in [0.15, 0.2) is 156 Å². The second-order valence-electron chi connectivity index (χ2n) is 20.7. The van der Waals surface area contributed by atoms with Crippen LogP contribution in [0.3, 0.4) is 0 Å². The standard InChI is InChI=1S/C21H21FN4O.C16H23NO2.C11H15N.C11H13N.C4H6BrN/c1-25-20(27)13-19(17-9-10-23-14-18(17)22)24-21(25)26-11-5-8-16(26)12-15-6-3-2-4-7-15;1-16(2,3)19-15(18)17-11-7-10-14(17)12-13-8-5-4-6-9-13;2*1-2-5-10(6-3-1)9-11-7-4-8-12-11;5-3-1-2-4-6/h2-4,6-7,9-10,13-14,16H,5,8,11-12H2,1H3;4-6,8-9,14H,7,10-12H2,1-3H3;1-3,5-6,11-12H,4,7-9H2;1-3,5-6H,4,7-9H2;1-3H2. The summed E-state index contributed by atoms with van der Waals surface area (Å²) >= 11 is 3.20. The van der Waals surface area contributed by atoms with Crippen LogP contribution in [0.25, 0.3) is 11.3 Å². The van der Waals surface area contributed by atoms with Crippen molar-refractivity contribution >= 4 is 33.7 Å². The molecule has 11 nitrogen and oxygen atoms in total. The monoisotopic (exact) mass is 1090 g/mol. The predicted octanol–water partition coefficient (Wildman–Crippen LogP) is 13.0. The highest BCUT2D eigenvalue weighted by molar-refractivity contribution is 9.09. The Morgan fingerprint density at radius 3 is 1.92 bits per heavy atom. The van der Waals surface area contributed by atoms with Crippen molar-refractivity contribution in [2.45, 2.75) is 134 Å². The van der Waals surface area contributed by atoms with Crippen molar-refractivity contribution in [3.05, 3.63) is 184 Å². The van der Waals surface area contributed by atoms with E-state index in [-0.39, 0.29) is 23.7 Å². The molecule has 3 saturated heterocycles. The number of carbonyl (C=O) groups is 1. The van der Waals surface area contributed by atoms with E-state index < -0.39 is 11.4 Å². The number of aliphatic imine (C=N–C) groups is 1. The number of halogens is 2. The summed E-state index contributed by atoms with van der Waals surface area (Å²) in [6, 6.07) is 48.2. The quantitative estimate of drug-likeness (QED) is 0.0948. The van der Waals surface area contributed by atoms with Gasteiger partial charge in [0.15, 0.2) is 5.82 Å². The van der Waals surface area contributed by atoms with E-state index in [9.17, 15) is 14.0 Å². The average Bonchev–Trinajstić information content (AvgIpc) is 4.30. The number of carbonyl (C=O) groups excluding carboxylic acids is 1. The fraction of sp³-hybridized carbons (Fsp3) is 0.429. The Labute approximate surface area is 459 Å². The number of anilines is 1. The Kier molecular flexibility index (Phi) is 24.4. The van der Waals surface area contributed by atoms with Crippen molar-refractivity contribution in [1.29, 1.82) is 5.26 Å². The SMILES string of the molecule is CC(C)(C)OC(=O)N1CCCC1Cc1ccccc1.Cn1c(N2CCCC2Cc2ccccc2)nc(-c2ccncc2F)cc1=O.N#CCCCBr.c1ccc(CC2=NCCC2)cc1.c1ccc(CC2CCCN2)cc1. The van der Waals surface area contributed by atoms with Crippen LogP contribution in [-0.2, 0) is 37.5 Å². The van der Waals surface area contributed by atoms with Gasteiger partial charge in [-0.3, -0.25) is 19.3 Å². The van der Waals surface area contributed by atoms with Gasteiger partial charge in [-0.25, -0.2) is 14.2 Å². The zero-order valence-electron chi connectivity index (χ0n) is 45.1. The molecule has 4 aliphatic rings. The van der Waals surface area contributed by atoms with Crippen LogP contribution in [0.4, 0.5) is 15.1 Å². The number of benzene rings is 4. The predicted molar refractivity (Wildman–Crippen MR) is 311 cm³/mol. The number of pyridine rings is 1. The topological polar surface area (TPSA) is 129 Å². The van der Waals surface area contributed by atoms with Gasteiger partial charge in [-0.15, -0.1) is 0 Å². The van der Waals surface area contributed by atoms with Crippen LogP contribution < -0.4 is 15.8 Å². The minimum Gasteiger partial charge on any atom is -0.444 e. The first-order chi connectivity index (χ1) is 36.9. The summed E-state index contributed by atoms with van der Waals surface area (Å²) in [5.74, 6) is 0.110. The van der Waals surface area contributed by atoms with E-state index in [1.165, 1.54) is 78.9 Å². The molecule has 0 spiro atoms. The van der Waals surface area contributed by atoms with E-state index >= 15 is 0 Å². The molecule has 4 aromatic carbocycles. The molecule has 0 bridgehead atoms. The molecular formula is C63H78BrFN8O3. The summed E-state index contributed by atoms with van der Waals surface area (Å²) in [6.45, 7) is 9.62.